The number of hydrogen-bond acceptors (Lipinski definition) is 9. The van der Waals surface area contributed by atoms with Crippen molar-refractivity contribution in [2.75, 3.05) is 51.0 Å². The van der Waals surface area contributed by atoms with Crippen molar-refractivity contribution in [2.45, 2.75) is 44.3 Å². The van der Waals surface area contributed by atoms with E-state index in [-0.39, 0.29) is 42.4 Å². The number of alkyl halides is 1. The van der Waals surface area contributed by atoms with Crippen LogP contribution in [0.4, 0.5) is 23.8 Å². The van der Waals surface area contributed by atoms with Crippen LogP contribution in [0.1, 0.15) is 31.7 Å². The van der Waals surface area contributed by atoms with Crippen molar-refractivity contribution in [3.8, 4) is 17.3 Å². The third-order valence-corrected chi connectivity index (χ3v) is 9.43. The van der Waals surface area contributed by atoms with Gasteiger partial charge in [-0.1, -0.05) is 31.2 Å². The maximum Gasteiger partial charge on any atom is 0.505 e. The summed E-state index contributed by atoms with van der Waals surface area (Å²) >= 11 is 0. The van der Waals surface area contributed by atoms with Gasteiger partial charge in [-0.2, -0.15) is 9.97 Å². The lowest BCUT2D eigenvalue weighted by molar-refractivity contribution is 0.0925. The fourth-order valence-corrected chi connectivity index (χ4v) is 7.39. The first-order valence-electron chi connectivity index (χ1n) is 15.6. The molecule has 0 bridgehead atoms. The number of carbonyl (C=O) groups is 1. The maximum atomic E-state index is 16.8. The third kappa shape index (κ3) is 5.55. The molecule has 0 radical (unpaired) electrons. The molecule has 10 nitrogen and oxygen atoms in total. The van der Waals surface area contributed by atoms with E-state index in [2.05, 4.69) is 31.8 Å². The number of aromatic nitrogens is 3. The molecule has 7 rings (SSSR count). The van der Waals surface area contributed by atoms with E-state index >= 15 is 8.78 Å². The Morgan fingerprint density at radius 1 is 1.20 bits per heavy atom. The van der Waals surface area contributed by atoms with Gasteiger partial charge in [0.1, 0.15) is 35.6 Å². The third-order valence-electron chi connectivity index (χ3n) is 9.43. The van der Waals surface area contributed by atoms with Crippen LogP contribution in [-0.4, -0.2) is 88.9 Å². The number of ether oxygens (including phenoxy) is 2. The molecule has 0 spiro atoms. The van der Waals surface area contributed by atoms with E-state index in [1.54, 1.807) is 24.3 Å². The average molecular weight is 637 g/mol. The van der Waals surface area contributed by atoms with Gasteiger partial charge in [-0.3, -0.25) is 15.2 Å². The Morgan fingerprint density at radius 3 is 2.89 bits per heavy atom. The Hall–Kier alpha value is -4.23. The van der Waals surface area contributed by atoms with Gasteiger partial charge in [-0.25, -0.2) is 18.0 Å². The summed E-state index contributed by atoms with van der Waals surface area (Å²) < 4.78 is 57.3. The SMILES string of the molecule is C[C@@H]1CNCN(c2nc(OC[C@@]34CCCN3C[C@H](F)C4)nc3c(F)c(-c4cccc5ccc(F)c(CCOC(=O)O)c45)ncc23)C1. The van der Waals surface area contributed by atoms with Crippen LogP contribution in [0.15, 0.2) is 36.5 Å². The summed E-state index contributed by atoms with van der Waals surface area (Å²) in [6.45, 7) is 5.22. The molecule has 46 heavy (non-hydrogen) atoms. The van der Waals surface area contributed by atoms with Crippen LogP contribution in [0.2, 0.25) is 0 Å². The van der Waals surface area contributed by atoms with E-state index in [4.69, 9.17) is 14.8 Å². The highest BCUT2D eigenvalue weighted by Crippen LogP contribution is 2.41. The zero-order chi connectivity index (χ0) is 32.0. The van der Waals surface area contributed by atoms with Crippen molar-refractivity contribution in [2.24, 2.45) is 5.92 Å². The number of hydrogen-bond donors (Lipinski definition) is 2. The molecular weight excluding hydrogens is 601 g/mol. The minimum absolute atomic E-state index is 0.00274. The number of nitrogens with zero attached hydrogens (tertiary/aromatic N) is 5. The topological polar surface area (TPSA) is 113 Å². The van der Waals surface area contributed by atoms with Gasteiger partial charge in [0.2, 0.25) is 0 Å². The lowest BCUT2D eigenvalue weighted by Gasteiger charge is -2.33. The minimum atomic E-state index is -1.47. The molecule has 3 aliphatic rings. The molecule has 242 valence electrons. The summed E-state index contributed by atoms with van der Waals surface area (Å²) in [6, 6.07) is 8.03. The van der Waals surface area contributed by atoms with Crippen LogP contribution in [0.5, 0.6) is 6.01 Å². The zero-order valence-electron chi connectivity index (χ0n) is 25.4. The first-order chi connectivity index (χ1) is 22.2. The number of rotatable bonds is 8. The predicted octanol–water partition coefficient (Wildman–Crippen LogP) is 5.32. The van der Waals surface area contributed by atoms with Crippen LogP contribution in [0.3, 0.4) is 0 Å². The summed E-state index contributed by atoms with van der Waals surface area (Å²) in [7, 11) is 0. The van der Waals surface area contributed by atoms with Crippen LogP contribution >= 0.6 is 0 Å². The molecule has 0 saturated carbocycles. The zero-order valence-corrected chi connectivity index (χ0v) is 25.4. The molecule has 2 aromatic heterocycles. The smallest absolute Gasteiger partial charge is 0.461 e. The average Bonchev–Trinajstić information content (AvgIpc) is 3.56. The Bertz CT molecular complexity index is 1810. The number of anilines is 1. The Morgan fingerprint density at radius 2 is 2.07 bits per heavy atom. The number of halogens is 3. The van der Waals surface area contributed by atoms with Crippen LogP contribution in [0.25, 0.3) is 32.9 Å². The van der Waals surface area contributed by atoms with E-state index in [1.165, 1.54) is 12.3 Å². The maximum absolute atomic E-state index is 16.8. The van der Waals surface area contributed by atoms with Crippen molar-refractivity contribution >= 4 is 33.6 Å². The molecule has 13 heteroatoms. The first kappa shape index (κ1) is 30.4. The molecule has 4 aromatic rings. The molecule has 2 N–H and O–H groups in total. The summed E-state index contributed by atoms with van der Waals surface area (Å²) in [4.78, 5) is 28.9. The van der Waals surface area contributed by atoms with Gasteiger partial charge >= 0.3 is 12.2 Å². The highest BCUT2D eigenvalue weighted by molar-refractivity contribution is 6.01. The predicted molar refractivity (Wildman–Crippen MR) is 166 cm³/mol. The molecule has 0 aliphatic carbocycles. The molecule has 0 unspecified atom stereocenters. The summed E-state index contributed by atoms with van der Waals surface area (Å²) in [5.41, 5.74) is 0.0523. The number of nitrogens with one attached hydrogen (secondary N) is 1. The van der Waals surface area contributed by atoms with Crippen molar-refractivity contribution in [3.63, 3.8) is 0 Å². The summed E-state index contributed by atoms with van der Waals surface area (Å²) in [6.07, 6.45) is 1.23. The van der Waals surface area contributed by atoms with Gasteiger partial charge in [0.25, 0.3) is 0 Å². The van der Waals surface area contributed by atoms with Gasteiger partial charge in [-0.15, -0.1) is 0 Å². The second-order valence-electron chi connectivity index (χ2n) is 12.6. The molecular formula is C33H35F3N6O4. The van der Waals surface area contributed by atoms with Gasteiger partial charge in [0.05, 0.1) is 24.2 Å². The van der Waals surface area contributed by atoms with Crippen LogP contribution in [0, 0.1) is 17.6 Å². The van der Waals surface area contributed by atoms with Crippen LogP contribution in [-0.2, 0) is 11.2 Å². The minimum Gasteiger partial charge on any atom is -0.461 e. The van der Waals surface area contributed by atoms with Crippen molar-refractivity contribution in [1.82, 2.24) is 25.2 Å². The standard InChI is InChI=1S/C33H35F3N6O4/c1-19-13-37-18-41(15-19)30-24-14-38-28(23-5-2-4-20-6-7-25(35)22(26(20)23)8-11-45-32(43)44)27(36)29(24)39-31(40-30)46-17-33-9-3-10-42(33)16-21(34)12-33/h2,4-7,14,19,21,37H,3,8-13,15-18H2,1H3,(H,43,44)/t19-,21-,33+/m1/s1. The monoisotopic (exact) mass is 636 g/mol. The lowest BCUT2D eigenvalue weighted by Crippen LogP contribution is -2.46. The molecule has 0 amide bonds. The van der Waals surface area contributed by atoms with E-state index in [1.807, 2.05) is 4.90 Å². The first-order valence-corrected chi connectivity index (χ1v) is 15.6. The van der Waals surface area contributed by atoms with E-state index < -0.39 is 29.5 Å². The molecule has 2 aromatic carbocycles. The highest BCUT2D eigenvalue weighted by atomic mass is 19.1. The Kier molecular flexibility index (Phi) is 8.05. The Balaban J connectivity index is 1.33. The molecule has 3 aliphatic heterocycles. The van der Waals surface area contributed by atoms with Crippen molar-refractivity contribution in [3.05, 3.63) is 53.7 Å². The summed E-state index contributed by atoms with van der Waals surface area (Å²) in [5, 5.41) is 13.7. The quantitative estimate of drug-likeness (QED) is 0.247. The second kappa shape index (κ2) is 12.2. The molecule has 5 heterocycles. The second-order valence-corrected chi connectivity index (χ2v) is 12.6. The van der Waals surface area contributed by atoms with Gasteiger partial charge < -0.3 is 19.5 Å². The molecule has 3 atom stereocenters. The van der Waals surface area contributed by atoms with Gasteiger partial charge in [-0.05, 0) is 47.7 Å². The Labute approximate surface area is 263 Å². The van der Waals surface area contributed by atoms with Crippen molar-refractivity contribution in [1.29, 1.82) is 0 Å². The normalized spacial score (nSPS) is 23.3. The molecule has 3 saturated heterocycles. The summed E-state index contributed by atoms with van der Waals surface area (Å²) in [5.74, 6) is -0.507. The highest BCUT2D eigenvalue weighted by Gasteiger charge is 2.49. The number of benzene rings is 2. The number of fused-ring (bicyclic) bond motifs is 3. The number of carboxylic acid groups (broad SMARTS) is 1. The lowest BCUT2D eigenvalue weighted by atomic mass is 9.94. The molecule has 3 fully saturated rings. The fraction of sp³-hybridized carbons (Fsp3) is 0.455. The van der Waals surface area contributed by atoms with E-state index in [0.717, 1.165) is 25.9 Å². The van der Waals surface area contributed by atoms with Crippen molar-refractivity contribution < 1.29 is 32.5 Å². The van der Waals surface area contributed by atoms with E-state index in [9.17, 15) is 9.18 Å². The fourth-order valence-electron chi connectivity index (χ4n) is 7.39. The number of pyridine rings is 1. The van der Waals surface area contributed by atoms with Crippen LogP contribution < -0.4 is 15.0 Å². The largest absolute Gasteiger partial charge is 0.505 e. The van der Waals surface area contributed by atoms with Gasteiger partial charge in [0.15, 0.2) is 5.82 Å². The van der Waals surface area contributed by atoms with Gasteiger partial charge in [0, 0.05) is 44.2 Å². The van der Waals surface area contributed by atoms with E-state index in [0.29, 0.717) is 59.6 Å².